The fourth-order valence-electron chi connectivity index (χ4n) is 1.52. The van der Waals surface area contributed by atoms with Crippen molar-refractivity contribution >= 4 is 28.4 Å². The Kier molecular flexibility index (Phi) is 3.13. The first-order valence-electron chi connectivity index (χ1n) is 4.97. The van der Waals surface area contributed by atoms with Crippen molar-refractivity contribution in [2.24, 2.45) is 0 Å². The van der Waals surface area contributed by atoms with Gasteiger partial charge in [0.1, 0.15) is 5.82 Å². The quantitative estimate of drug-likeness (QED) is 0.860. The molecule has 4 nitrogen and oxygen atoms in total. The first-order chi connectivity index (χ1) is 7.59. The van der Waals surface area contributed by atoms with Crippen LogP contribution >= 0.6 is 22.6 Å². The predicted molar refractivity (Wildman–Crippen MR) is 72.2 cm³/mol. The summed E-state index contributed by atoms with van der Waals surface area (Å²) < 4.78 is 2.85. The highest BCUT2D eigenvalue weighted by atomic mass is 127. The summed E-state index contributed by atoms with van der Waals surface area (Å²) in [6, 6.07) is 1.99. The Morgan fingerprint density at radius 3 is 2.75 bits per heavy atom. The first kappa shape index (κ1) is 11.4. The molecule has 0 fully saturated rings. The zero-order chi connectivity index (χ0) is 11.7. The molecule has 2 aromatic rings. The maximum absolute atomic E-state index is 5.97. The van der Waals surface area contributed by atoms with E-state index in [1.807, 2.05) is 23.9 Å². The topological polar surface area (TPSA) is 56.7 Å². The summed E-state index contributed by atoms with van der Waals surface area (Å²) in [6.07, 6.45) is 3.65. The molecule has 16 heavy (non-hydrogen) atoms. The summed E-state index contributed by atoms with van der Waals surface area (Å²) >= 11 is 2.22. The molecule has 0 spiro atoms. The molecule has 0 bridgehead atoms. The number of anilines is 1. The van der Waals surface area contributed by atoms with E-state index in [1.165, 1.54) is 5.56 Å². The Hall–Kier alpha value is -1.11. The maximum atomic E-state index is 5.97. The lowest BCUT2D eigenvalue weighted by Crippen LogP contribution is -2.07. The Morgan fingerprint density at radius 2 is 2.19 bits per heavy atom. The number of nitrogens with two attached hydrogens (primary N) is 1. The van der Waals surface area contributed by atoms with E-state index in [1.54, 1.807) is 6.20 Å². The summed E-state index contributed by atoms with van der Waals surface area (Å²) in [4.78, 5) is 4.12. The second-order valence-corrected chi connectivity index (χ2v) is 4.82. The minimum atomic E-state index is 0.676. The number of halogens is 1. The van der Waals surface area contributed by atoms with E-state index in [0.29, 0.717) is 6.54 Å². The van der Waals surface area contributed by atoms with Crippen LogP contribution < -0.4 is 5.73 Å². The molecular weight excluding hydrogens is 315 g/mol. The van der Waals surface area contributed by atoms with Crippen LogP contribution in [0, 0.1) is 17.4 Å². The van der Waals surface area contributed by atoms with Gasteiger partial charge >= 0.3 is 0 Å². The zero-order valence-corrected chi connectivity index (χ0v) is 11.4. The van der Waals surface area contributed by atoms with Gasteiger partial charge in [0.15, 0.2) is 0 Å². The third-order valence-electron chi connectivity index (χ3n) is 2.56. The van der Waals surface area contributed by atoms with E-state index in [4.69, 9.17) is 5.73 Å². The van der Waals surface area contributed by atoms with Crippen LogP contribution in [0.3, 0.4) is 0 Å². The van der Waals surface area contributed by atoms with Crippen LogP contribution in [0.25, 0.3) is 0 Å². The Balaban J connectivity index is 2.34. The van der Waals surface area contributed by atoms with Gasteiger partial charge in [-0.15, -0.1) is 0 Å². The van der Waals surface area contributed by atoms with Crippen LogP contribution in [0.15, 0.2) is 18.5 Å². The number of hydrogen-bond acceptors (Lipinski definition) is 3. The molecule has 0 aliphatic heterocycles. The summed E-state index contributed by atoms with van der Waals surface area (Å²) in [5, 5.41) is 4.40. The number of aromatic nitrogens is 3. The van der Waals surface area contributed by atoms with E-state index in [2.05, 4.69) is 39.6 Å². The molecule has 84 valence electrons. The maximum Gasteiger partial charge on any atom is 0.135 e. The smallest absolute Gasteiger partial charge is 0.135 e. The molecule has 2 N–H and O–H groups in total. The van der Waals surface area contributed by atoms with Gasteiger partial charge in [-0.3, -0.25) is 4.98 Å². The standard InChI is InChI=1S/C11H13IN4/c1-7-3-4-14-5-9(7)6-16-11(13)10(12)8(2)15-16/h3-5H,6,13H2,1-2H3. The summed E-state index contributed by atoms with van der Waals surface area (Å²) in [5.74, 6) is 0.723. The molecule has 2 heterocycles. The molecule has 0 atom stereocenters. The van der Waals surface area contributed by atoms with Gasteiger partial charge in [0, 0.05) is 12.4 Å². The third-order valence-corrected chi connectivity index (χ3v) is 3.89. The van der Waals surface area contributed by atoms with Gasteiger partial charge in [-0.05, 0) is 53.6 Å². The zero-order valence-electron chi connectivity index (χ0n) is 9.24. The highest BCUT2D eigenvalue weighted by Crippen LogP contribution is 2.19. The van der Waals surface area contributed by atoms with Crippen molar-refractivity contribution in [3.63, 3.8) is 0 Å². The van der Waals surface area contributed by atoms with Crippen molar-refractivity contribution in [1.29, 1.82) is 0 Å². The largest absolute Gasteiger partial charge is 0.383 e. The van der Waals surface area contributed by atoms with E-state index in [9.17, 15) is 0 Å². The second kappa shape index (κ2) is 4.40. The van der Waals surface area contributed by atoms with Gasteiger partial charge in [-0.1, -0.05) is 0 Å². The minimum absolute atomic E-state index is 0.676. The second-order valence-electron chi connectivity index (χ2n) is 3.74. The number of aryl methyl sites for hydroxylation is 2. The SMILES string of the molecule is Cc1ccncc1Cn1nc(C)c(I)c1N. The molecule has 0 saturated carbocycles. The average Bonchev–Trinajstić information content (AvgIpc) is 2.50. The van der Waals surface area contributed by atoms with Crippen molar-refractivity contribution in [3.8, 4) is 0 Å². The van der Waals surface area contributed by atoms with E-state index >= 15 is 0 Å². The monoisotopic (exact) mass is 328 g/mol. The van der Waals surface area contributed by atoms with Gasteiger partial charge in [0.2, 0.25) is 0 Å². The number of pyridine rings is 1. The highest BCUT2D eigenvalue weighted by molar-refractivity contribution is 14.1. The van der Waals surface area contributed by atoms with E-state index in [0.717, 1.165) is 20.6 Å². The molecule has 0 aliphatic carbocycles. The van der Waals surface area contributed by atoms with Crippen LogP contribution in [0.2, 0.25) is 0 Å². The molecule has 2 aromatic heterocycles. The third kappa shape index (κ3) is 2.04. The van der Waals surface area contributed by atoms with Gasteiger partial charge < -0.3 is 5.73 Å². The molecule has 0 aromatic carbocycles. The number of nitrogens with zero attached hydrogens (tertiary/aromatic N) is 3. The summed E-state index contributed by atoms with van der Waals surface area (Å²) in [7, 11) is 0. The molecule has 0 radical (unpaired) electrons. The Bertz CT molecular complexity index is 519. The molecule has 0 amide bonds. The van der Waals surface area contributed by atoms with Crippen molar-refractivity contribution in [2.45, 2.75) is 20.4 Å². The summed E-state index contributed by atoms with van der Waals surface area (Å²) in [6.45, 7) is 4.70. The molecule has 5 heteroatoms. The molecule has 0 unspecified atom stereocenters. The van der Waals surface area contributed by atoms with Gasteiger partial charge in [0.25, 0.3) is 0 Å². The van der Waals surface area contributed by atoms with Crippen molar-refractivity contribution in [3.05, 3.63) is 38.9 Å². The number of hydrogen-bond donors (Lipinski definition) is 1. The predicted octanol–water partition coefficient (Wildman–Crippen LogP) is 2.13. The van der Waals surface area contributed by atoms with Gasteiger partial charge in [-0.2, -0.15) is 5.10 Å². The highest BCUT2D eigenvalue weighted by Gasteiger charge is 2.10. The van der Waals surface area contributed by atoms with Gasteiger partial charge in [-0.25, -0.2) is 4.68 Å². The van der Waals surface area contributed by atoms with Crippen LogP contribution in [0.5, 0.6) is 0 Å². The average molecular weight is 328 g/mol. The lowest BCUT2D eigenvalue weighted by molar-refractivity contribution is 0.684. The first-order valence-corrected chi connectivity index (χ1v) is 6.05. The van der Waals surface area contributed by atoms with Crippen LogP contribution in [0.4, 0.5) is 5.82 Å². The van der Waals surface area contributed by atoms with E-state index in [-0.39, 0.29) is 0 Å². The molecule has 2 rings (SSSR count). The van der Waals surface area contributed by atoms with Crippen LogP contribution in [-0.2, 0) is 6.54 Å². The fraction of sp³-hybridized carbons (Fsp3) is 0.273. The van der Waals surface area contributed by atoms with Crippen LogP contribution in [0.1, 0.15) is 16.8 Å². The Morgan fingerprint density at radius 1 is 1.44 bits per heavy atom. The molecular formula is C11H13IN4. The van der Waals surface area contributed by atoms with Crippen molar-refractivity contribution < 1.29 is 0 Å². The molecule has 0 saturated heterocycles. The van der Waals surface area contributed by atoms with Crippen LogP contribution in [-0.4, -0.2) is 14.8 Å². The number of rotatable bonds is 2. The Labute approximate surface area is 108 Å². The minimum Gasteiger partial charge on any atom is -0.383 e. The van der Waals surface area contributed by atoms with E-state index < -0.39 is 0 Å². The van der Waals surface area contributed by atoms with Crippen molar-refractivity contribution in [1.82, 2.24) is 14.8 Å². The lowest BCUT2D eigenvalue weighted by atomic mass is 10.2. The number of nitrogen functional groups attached to an aromatic ring is 1. The lowest BCUT2D eigenvalue weighted by Gasteiger charge is -2.06. The van der Waals surface area contributed by atoms with Crippen molar-refractivity contribution in [2.75, 3.05) is 5.73 Å². The fourth-order valence-corrected chi connectivity index (χ4v) is 1.91. The van der Waals surface area contributed by atoms with Gasteiger partial charge in [0.05, 0.1) is 15.8 Å². The molecule has 0 aliphatic rings. The normalized spacial score (nSPS) is 10.7. The summed E-state index contributed by atoms with van der Waals surface area (Å²) in [5.41, 5.74) is 9.30.